The zero-order chi connectivity index (χ0) is 24.2. The number of benzene rings is 3. The summed E-state index contributed by atoms with van der Waals surface area (Å²) < 4.78 is 13.4. The molecular formula is C25H21Cl2FN4OS. The van der Waals surface area contributed by atoms with Crippen molar-refractivity contribution in [3.05, 3.63) is 99.3 Å². The van der Waals surface area contributed by atoms with E-state index < -0.39 is 6.17 Å². The van der Waals surface area contributed by atoms with E-state index in [1.807, 2.05) is 24.3 Å². The minimum absolute atomic E-state index is 0.259. The van der Waals surface area contributed by atoms with Gasteiger partial charge in [0.25, 0.3) is 5.91 Å². The predicted molar refractivity (Wildman–Crippen MR) is 140 cm³/mol. The number of aliphatic imine (C=N–C) groups is 1. The van der Waals surface area contributed by atoms with Crippen LogP contribution in [-0.4, -0.2) is 36.5 Å². The summed E-state index contributed by atoms with van der Waals surface area (Å²) in [6.45, 7) is 0.461. The van der Waals surface area contributed by atoms with E-state index in [1.165, 1.54) is 17.0 Å². The monoisotopic (exact) mass is 514 g/mol. The number of likely N-dealkylation sites (N-methyl/N-ethyl adjacent to an activating group) is 1. The van der Waals surface area contributed by atoms with E-state index in [2.05, 4.69) is 10.6 Å². The third-order valence-electron chi connectivity index (χ3n) is 5.38. The van der Waals surface area contributed by atoms with Gasteiger partial charge in [-0.15, -0.1) is 0 Å². The van der Waals surface area contributed by atoms with Crippen LogP contribution in [0.1, 0.15) is 16.7 Å². The van der Waals surface area contributed by atoms with Gasteiger partial charge in [-0.3, -0.25) is 4.79 Å². The fourth-order valence-corrected chi connectivity index (χ4v) is 4.31. The van der Waals surface area contributed by atoms with Crippen molar-refractivity contribution in [1.82, 2.24) is 10.6 Å². The van der Waals surface area contributed by atoms with Crippen molar-refractivity contribution in [2.24, 2.45) is 4.99 Å². The van der Waals surface area contributed by atoms with E-state index in [1.54, 1.807) is 37.4 Å². The van der Waals surface area contributed by atoms with Gasteiger partial charge in [0, 0.05) is 34.8 Å². The van der Waals surface area contributed by atoms with E-state index in [0.29, 0.717) is 45.5 Å². The number of rotatable bonds is 5. The molecule has 1 amide bonds. The standard InChI is InChI=1S/C25H21Cl2FN4OS/c1-32-21-10-9-16(26)14-19(21)22(18-7-2-3-8-20(18)27)30-23(24(32)33)31-25(34)29-12-11-15-5-4-6-17(28)13-15/h2-10,13-14,23H,11-12H2,1H3,(H2,29,31,34). The average Bonchev–Trinajstić information content (AvgIpc) is 2.90. The summed E-state index contributed by atoms with van der Waals surface area (Å²) in [6.07, 6.45) is -0.424. The van der Waals surface area contributed by atoms with Gasteiger partial charge in [-0.1, -0.05) is 53.5 Å². The second-order valence-corrected chi connectivity index (χ2v) is 8.95. The van der Waals surface area contributed by atoms with Gasteiger partial charge >= 0.3 is 0 Å². The lowest BCUT2D eigenvalue weighted by molar-refractivity contribution is -0.119. The van der Waals surface area contributed by atoms with Crippen molar-refractivity contribution in [1.29, 1.82) is 0 Å². The predicted octanol–water partition coefficient (Wildman–Crippen LogP) is 4.98. The van der Waals surface area contributed by atoms with E-state index in [9.17, 15) is 9.18 Å². The number of carbonyl (C=O) groups is 1. The zero-order valence-corrected chi connectivity index (χ0v) is 20.5. The number of hydrogen-bond donors (Lipinski definition) is 2. The molecule has 0 aliphatic carbocycles. The molecule has 0 bridgehead atoms. The highest BCUT2D eigenvalue weighted by Crippen LogP contribution is 2.31. The molecule has 0 spiro atoms. The summed E-state index contributed by atoms with van der Waals surface area (Å²) in [5, 5.41) is 7.33. The molecule has 0 saturated carbocycles. The van der Waals surface area contributed by atoms with E-state index in [0.717, 1.165) is 5.56 Å². The summed E-state index contributed by atoms with van der Waals surface area (Å²) in [5.41, 5.74) is 3.38. The van der Waals surface area contributed by atoms with E-state index in [4.69, 9.17) is 40.4 Å². The number of nitrogens with zero attached hydrogens (tertiary/aromatic N) is 2. The van der Waals surface area contributed by atoms with Gasteiger partial charge in [0.05, 0.1) is 11.4 Å². The molecule has 34 heavy (non-hydrogen) atoms. The average molecular weight is 515 g/mol. The van der Waals surface area contributed by atoms with Crippen LogP contribution in [0.2, 0.25) is 10.0 Å². The maximum atomic E-state index is 13.4. The van der Waals surface area contributed by atoms with Gasteiger partial charge in [0.15, 0.2) is 5.11 Å². The van der Waals surface area contributed by atoms with Crippen LogP contribution in [0.4, 0.5) is 10.1 Å². The molecule has 1 aliphatic heterocycles. The Morgan fingerprint density at radius 3 is 2.65 bits per heavy atom. The Balaban J connectivity index is 1.60. The van der Waals surface area contributed by atoms with Gasteiger partial charge in [0.2, 0.25) is 6.17 Å². The second kappa shape index (κ2) is 10.5. The van der Waals surface area contributed by atoms with Gasteiger partial charge < -0.3 is 15.5 Å². The van der Waals surface area contributed by atoms with Crippen LogP contribution >= 0.6 is 35.4 Å². The van der Waals surface area contributed by atoms with Crippen molar-refractivity contribution >= 4 is 57.8 Å². The van der Waals surface area contributed by atoms with Crippen LogP contribution in [-0.2, 0) is 11.2 Å². The van der Waals surface area contributed by atoms with E-state index >= 15 is 0 Å². The largest absolute Gasteiger partial charge is 0.362 e. The maximum Gasteiger partial charge on any atom is 0.272 e. The number of halogens is 3. The Morgan fingerprint density at radius 2 is 1.88 bits per heavy atom. The molecule has 9 heteroatoms. The van der Waals surface area contributed by atoms with Crippen molar-refractivity contribution in [2.75, 3.05) is 18.5 Å². The molecule has 0 aromatic heterocycles. The van der Waals surface area contributed by atoms with Crippen LogP contribution < -0.4 is 15.5 Å². The fourth-order valence-electron chi connectivity index (χ4n) is 3.70. The topological polar surface area (TPSA) is 56.7 Å². The number of thiocarbonyl (C=S) groups is 1. The van der Waals surface area contributed by atoms with Crippen molar-refractivity contribution in [3.63, 3.8) is 0 Å². The smallest absolute Gasteiger partial charge is 0.272 e. The molecule has 1 unspecified atom stereocenters. The fraction of sp³-hybridized carbons (Fsp3) is 0.160. The first kappa shape index (κ1) is 24.1. The summed E-state index contributed by atoms with van der Waals surface area (Å²) in [5.74, 6) is -0.577. The van der Waals surface area contributed by atoms with E-state index in [-0.39, 0.29) is 16.8 Å². The molecule has 1 atom stereocenters. The molecule has 0 radical (unpaired) electrons. The molecule has 174 valence electrons. The third-order valence-corrected chi connectivity index (χ3v) is 6.21. The minimum Gasteiger partial charge on any atom is -0.362 e. The quantitative estimate of drug-likeness (QED) is 0.471. The van der Waals surface area contributed by atoms with Crippen molar-refractivity contribution < 1.29 is 9.18 Å². The summed E-state index contributed by atoms with van der Waals surface area (Å²) in [4.78, 5) is 19.5. The normalized spacial score (nSPS) is 15.3. The molecule has 2 N–H and O–H groups in total. The molecule has 5 nitrogen and oxygen atoms in total. The van der Waals surface area contributed by atoms with Crippen LogP contribution in [0.15, 0.2) is 71.7 Å². The SMILES string of the molecule is CN1C(=O)C(NC(=S)NCCc2cccc(F)c2)N=C(c2ccccc2Cl)c2cc(Cl)ccc21. The first-order valence-corrected chi connectivity index (χ1v) is 11.7. The Morgan fingerprint density at radius 1 is 1.09 bits per heavy atom. The Labute approximate surface area is 212 Å². The molecule has 1 aliphatic rings. The first-order valence-electron chi connectivity index (χ1n) is 10.5. The lowest BCUT2D eigenvalue weighted by atomic mass is 10.00. The Kier molecular flexibility index (Phi) is 7.46. The number of benzodiazepines with no additional fused rings is 1. The number of fused-ring (bicyclic) bond motifs is 1. The molecule has 4 rings (SSSR count). The van der Waals surface area contributed by atoms with Gasteiger partial charge in [-0.25, -0.2) is 9.38 Å². The minimum atomic E-state index is -0.989. The third kappa shape index (κ3) is 5.38. The highest BCUT2D eigenvalue weighted by atomic mass is 35.5. The van der Waals surface area contributed by atoms with Crippen molar-refractivity contribution in [3.8, 4) is 0 Å². The Hall–Kier alpha value is -3.00. The van der Waals surface area contributed by atoms with Gasteiger partial charge in [0.1, 0.15) is 5.82 Å². The number of hydrogen-bond acceptors (Lipinski definition) is 3. The number of nitrogens with one attached hydrogen (secondary N) is 2. The van der Waals surface area contributed by atoms with Gasteiger partial charge in [-0.2, -0.15) is 0 Å². The maximum absolute atomic E-state index is 13.4. The summed E-state index contributed by atoms with van der Waals surface area (Å²) in [7, 11) is 1.68. The number of anilines is 1. The molecule has 0 saturated heterocycles. The lowest BCUT2D eigenvalue weighted by Crippen LogP contribution is -2.49. The second-order valence-electron chi connectivity index (χ2n) is 7.70. The van der Waals surface area contributed by atoms with Crippen LogP contribution in [0.3, 0.4) is 0 Å². The number of amides is 1. The highest BCUT2D eigenvalue weighted by Gasteiger charge is 2.31. The molecule has 0 fully saturated rings. The highest BCUT2D eigenvalue weighted by molar-refractivity contribution is 7.80. The lowest BCUT2D eigenvalue weighted by Gasteiger charge is -2.22. The summed E-state index contributed by atoms with van der Waals surface area (Å²) in [6, 6.07) is 18.9. The summed E-state index contributed by atoms with van der Waals surface area (Å²) >= 11 is 18.2. The molecular weight excluding hydrogens is 494 g/mol. The van der Waals surface area contributed by atoms with Crippen LogP contribution in [0.5, 0.6) is 0 Å². The van der Waals surface area contributed by atoms with Crippen LogP contribution in [0, 0.1) is 5.82 Å². The first-order chi connectivity index (χ1) is 16.3. The van der Waals surface area contributed by atoms with Crippen LogP contribution in [0.25, 0.3) is 0 Å². The molecule has 1 heterocycles. The molecule has 3 aromatic carbocycles. The number of carbonyl (C=O) groups excluding carboxylic acids is 1. The van der Waals surface area contributed by atoms with Crippen molar-refractivity contribution in [2.45, 2.75) is 12.6 Å². The van der Waals surface area contributed by atoms with Gasteiger partial charge in [-0.05, 0) is 60.6 Å². The Bertz CT molecular complexity index is 1280. The molecule has 3 aromatic rings. The zero-order valence-electron chi connectivity index (χ0n) is 18.2.